The van der Waals surface area contributed by atoms with Crippen LogP contribution >= 0.6 is 0 Å². The van der Waals surface area contributed by atoms with Gasteiger partial charge in [0.1, 0.15) is 5.69 Å². The van der Waals surface area contributed by atoms with Crippen molar-refractivity contribution in [1.29, 1.82) is 0 Å². The molecule has 5 heteroatoms. The number of rotatable bonds is 4. The molecule has 0 radical (unpaired) electrons. The van der Waals surface area contributed by atoms with E-state index >= 15 is 0 Å². The predicted octanol–water partition coefficient (Wildman–Crippen LogP) is 4.39. The summed E-state index contributed by atoms with van der Waals surface area (Å²) >= 11 is 0. The highest BCUT2D eigenvalue weighted by molar-refractivity contribution is 6.06. The van der Waals surface area contributed by atoms with Crippen LogP contribution in [0.5, 0.6) is 0 Å². The highest BCUT2D eigenvalue weighted by atomic mass is 16.2. The van der Waals surface area contributed by atoms with E-state index in [9.17, 15) is 9.59 Å². The minimum atomic E-state index is -0.187. The number of aryl methyl sites for hydroxylation is 2. The average molecular weight is 347 g/mol. The van der Waals surface area contributed by atoms with Crippen molar-refractivity contribution in [3.8, 4) is 0 Å². The number of hydrogen-bond donors (Lipinski definition) is 3. The van der Waals surface area contributed by atoms with Crippen LogP contribution in [0.4, 0.5) is 11.4 Å². The second-order valence-electron chi connectivity index (χ2n) is 7.02. The molecule has 0 bridgehead atoms. The van der Waals surface area contributed by atoms with E-state index in [4.69, 9.17) is 0 Å². The van der Waals surface area contributed by atoms with Gasteiger partial charge < -0.3 is 15.6 Å². The third-order valence-corrected chi connectivity index (χ3v) is 4.69. The number of benzene rings is 2. The van der Waals surface area contributed by atoms with Gasteiger partial charge in [0.15, 0.2) is 0 Å². The highest BCUT2D eigenvalue weighted by Crippen LogP contribution is 2.30. The molecule has 3 N–H and O–H groups in total. The van der Waals surface area contributed by atoms with Gasteiger partial charge in [-0.1, -0.05) is 6.07 Å². The van der Waals surface area contributed by atoms with Gasteiger partial charge in [0.25, 0.3) is 5.91 Å². The smallest absolute Gasteiger partial charge is 0.272 e. The third kappa shape index (κ3) is 3.33. The van der Waals surface area contributed by atoms with Crippen LogP contribution in [0.3, 0.4) is 0 Å². The molecule has 0 spiro atoms. The summed E-state index contributed by atoms with van der Waals surface area (Å²) in [5, 5.41) is 6.83. The first-order valence-corrected chi connectivity index (χ1v) is 8.82. The minimum Gasteiger partial charge on any atom is -0.351 e. The molecule has 3 aromatic rings. The monoisotopic (exact) mass is 347 g/mol. The number of H-pyrrole nitrogens is 1. The van der Waals surface area contributed by atoms with Gasteiger partial charge in [-0.15, -0.1) is 0 Å². The molecule has 2 amide bonds. The fourth-order valence-electron chi connectivity index (χ4n) is 3.15. The molecule has 1 saturated carbocycles. The van der Waals surface area contributed by atoms with E-state index in [1.807, 2.05) is 26.0 Å². The van der Waals surface area contributed by atoms with E-state index in [2.05, 4.69) is 21.7 Å². The Hall–Kier alpha value is -3.08. The van der Waals surface area contributed by atoms with Gasteiger partial charge in [-0.3, -0.25) is 9.59 Å². The molecule has 0 saturated heterocycles. The molecule has 0 unspecified atom stereocenters. The van der Waals surface area contributed by atoms with Crippen molar-refractivity contribution in [2.75, 3.05) is 10.6 Å². The maximum Gasteiger partial charge on any atom is 0.272 e. The van der Waals surface area contributed by atoms with Crippen LogP contribution < -0.4 is 10.6 Å². The normalized spacial score (nSPS) is 13.6. The molecule has 4 rings (SSSR count). The summed E-state index contributed by atoms with van der Waals surface area (Å²) in [5.74, 6) is 0.0574. The highest BCUT2D eigenvalue weighted by Gasteiger charge is 2.29. The lowest BCUT2D eigenvalue weighted by Crippen LogP contribution is -2.14. The summed E-state index contributed by atoms with van der Waals surface area (Å²) < 4.78 is 0. The van der Waals surface area contributed by atoms with E-state index < -0.39 is 0 Å². The standard InChI is InChI=1S/C21H21N3O2/c1-12-9-13(2)17-11-19(24-18(17)10-12)21(26)23-16-7-5-15(6-8-16)22-20(25)14-3-4-14/h5-11,14,24H,3-4H2,1-2H3,(H,22,25)(H,23,26). The van der Waals surface area contributed by atoms with Crippen molar-refractivity contribution < 1.29 is 9.59 Å². The van der Waals surface area contributed by atoms with Crippen molar-refractivity contribution in [1.82, 2.24) is 4.98 Å². The topological polar surface area (TPSA) is 74.0 Å². The Labute approximate surface area is 151 Å². The number of aromatic nitrogens is 1. The number of hydrogen-bond acceptors (Lipinski definition) is 2. The van der Waals surface area contributed by atoms with Crippen LogP contribution in [-0.2, 0) is 4.79 Å². The predicted molar refractivity (Wildman–Crippen MR) is 104 cm³/mol. The lowest BCUT2D eigenvalue weighted by molar-refractivity contribution is -0.117. The molecule has 1 fully saturated rings. The lowest BCUT2D eigenvalue weighted by Gasteiger charge is -2.07. The maximum absolute atomic E-state index is 12.5. The summed E-state index contributed by atoms with van der Waals surface area (Å²) in [4.78, 5) is 27.5. The van der Waals surface area contributed by atoms with Gasteiger partial charge in [-0.05, 0) is 74.2 Å². The second-order valence-corrected chi connectivity index (χ2v) is 7.02. The fourth-order valence-corrected chi connectivity index (χ4v) is 3.15. The molecule has 132 valence electrons. The molecule has 1 aliphatic carbocycles. The molecule has 26 heavy (non-hydrogen) atoms. The molecular formula is C21H21N3O2. The van der Waals surface area contributed by atoms with Crippen LogP contribution in [0.15, 0.2) is 42.5 Å². The number of amides is 2. The van der Waals surface area contributed by atoms with Crippen molar-refractivity contribution in [3.05, 3.63) is 59.3 Å². The second kappa shape index (κ2) is 6.33. The Morgan fingerprint density at radius 1 is 0.962 bits per heavy atom. The Balaban J connectivity index is 1.47. The van der Waals surface area contributed by atoms with Crippen LogP contribution in [0.1, 0.15) is 34.5 Å². The molecule has 1 aliphatic rings. The number of fused-ring (bicyclic) bond motifs is 1. The Kier molecular flexibility index (Phi) is 3.99. The summed E-state index contributed by atoms with van der Waals surface area (Å²) in [7, 11) is 0. The van der Waals surface area contributed by atoms with E-state index in [1.165, 1.54) is 0 Å². The van der Waals surface area contributed by atoms with Gasteiger partial charge >= 0.3 is 0 Å². The molecule has 0 aliphatic heterocycles. The Morgan fingerprint density at radius 3 is 2.27 bits per heavy atom. The van der Waals surface area contributed by atoms with Gasteiger partial charge in [0.2, 0.25) is 5.91 Å². The van der Waals surface area contributed by atoms with E-state index in [1.54, 1.807) is 24.3 Å². The van der Waals surface area contributed by atoms with E-state index in [0.29, 0.717) is 11.4 Å². The number of nitrogens with one attached hydrogen (secondary N) is 3. The van der Waals surface area contributed by atoms with Crippen LogP contribution in [0.25, 0.3) is 10.9 Å². The zero-order chi connectivity index (χ0) is 18.3. The summed E-state index contributed by atoms with van der Waals surface area (Å²) in [6.07, 6.45) is 1.95. The average Bonchev–Trinajstić information content (AvgIpc) is 3.36. The van der Waals surface area contributed by atoms with Crippen LogP contribution in [0.2, 0.25) is 0 Å². The van der Waals surface area contributed by atoms with Crippen molar-refractivity contribution in [3.63, 3.8) is 0 Å². The van der Waals surface area contributed by atoms with Gasteiger partial charge in [-0.25, -0.2) is 0 Å². The lowest BCUT2D eigenvalue weighted by atomic mass is 10.1. The van der Waals surface area contributed by atoms with Gasteiger partial charge in [0, 0.05) is 28.2 Å². The zero-order valence-corrected chi connectivity index (χ0v) is 14.8. The maximum atomic E-state index is 12.5. The third-order valence-electron chi connectivity index (χ3n) is 4.69. The molecular weight excluding hydrogens is 326 g/mol. The van der Waals surface area contributed by atoms with Gasteiger partial charge in [0.05, 0.1) is 0 Å². The van der Waals surface area contributed by atoms with Gasteiger partial charge in [-0.2, -0.15) is 0 Å². The van der Waals surface area contributed by atoms with E-state index in [0.717, 1.165) is 40.6 Å². The fraction of sp³-hybridized carbons (Fsp3) is 0.238. The quantitative estimate of drug-likeness (QED) is 0.655. The van der Waals surface area contributed by atoms with Crippen LogP contribution in [0, 0.1) is 19.8 Å². The largest absolute Gasteiger partial charge is 0.351 e. The van der Waals surface area contributed by atoms with Crippen molar-refractivity contribution >= 4 is 34.1 Å². The molecule has 1 heterocycles. The first-order chi connectivity index (χ1) is 12.5. The Morgan fingerprint density at radius 2 is 1.62 bits per heavy atom. The number of anilines is 2. The molecule has 1 aromatic heterocycles. The zero-order valence-electron chi connectivity index (χ0n) is 14.8. The summed E-state index contributed by atoms with van der Waals surface area (Å²) in [6.45, 7) is 4.08. The SMILES string of the molecule is Cc1cc(C)c2cc(C(=O)Nc3ccc(NC(=O)C4CC4)cc3)[nH]c2c1. The number of aromatic amines is 1. The Bertz CT molecular complexity index is 998. The number of carbonyl (C=O) groups excluding carboxylic acids is 2. The van der Waals surface area contributed by atoms with Crippen molar-refractivity contribution in [2.45, 2.75) is 26.7 Å². The van der Waals surface area contributed by atoms with Crippen LogP contribution in [-0.4, -0.2) is 16.8 Å². The van der Waals surface area contributed by atoms with Crippen molar-refractivity contribution in [2.24, 2.45) is 5.92 Å². The summed E-state index contributed by atoms with van der Waals surface area (Å²) in [6, 6.07) is 13.2. The first-order valence-electron chi connectivity index (χ1n) is 8.82. The van der Waals surface area contributed by atoms with E-state index in [-0.39, 0.29) is 17.7 Å². The minimum absolute atomic E-state index is 0.0746. The number of carbonyl (C=O) groups is 2. The molecule has 2 aromatic carbocycles. The first kappa shape index (κ1) is 16.4. The molecule has 5 nitrogen and oxygen atoms in total. The molecule has 0 atom stereocenters. The summed E-state index contributed by atoms with van der Waals surface area (Å²) in [5.41, 5.74) is 5.23.